The predicted molar refractivity (Wildman–Crippen MR) is 94.7 cm³/mol. The van der Waals surface area contributed by atoms with Gasteiger partial charge in [0.1, 0.15) is 0 Å². The highest BCUT2D eigenvalue weighted by molar-refractivity contribution is 6.58. The SMILES string of the molecule is CC#CC#CC#CC[N+](=O)[O-].OB(O)c1ccc2[nH]ccc2c1.[B]. The third-order valence-electron chi connectivity index (χ3n) is 2.48. The van der Waals surface area contributed by atoms with E-state index in [2.05, 4.69) is 40.5 Å². The van der Waals surface area contributed by atoms with Crippen LogP contribution in [0, 0.1) is 45.6 Å². The Balaban J connectivity index is 0.000000426. The van der Waals surface area contributed by atoms with Crippen molar-refractivity contribution in [2.24, 2.45) is 0 Å². The van der Waals surface area contributed by atoms with Gasteiger partial charge in [0.25, 0.3) is 6.54 Å². The van der Waals surface area contributed by atoms with E-state index in [4.69, 9.17) is 10.0 Å². The summed E-state index contributed by atoms with van der Waals surface area (Å²) in [6.07, 6.45) is 1.82. The maximum atomic E-state index is 9.72. The highest BCUT2D eigenvalue weighted by atomic mass is 16.6. The van der Waals surface area contributed by atoms with E-state index in [0.29, 0.717) is 5.46 Å². The summed E-state index contributed by atoms with van der Waals surface area (Å²) in [4.78, 5) is 12.2. The molecule has 3 radical (unpaired) electrons. The Morgan fingerprint density at radius 2 is 1.92 bits per heavy atom. The lowest BCUT2D eigenvalue weighted by Crippen LogP contribution is -2.29. The maximum absolute atomic E-state index is 9.72. The molecule has 0 amide bonds. The van der Waals surface area contributed by atoms with Crippen molar-refractivity contribution in [3.8, 4) is 35.5 Å². The van der Waals surface area contributed by atoms with E-state index in [0.717, 1.165) is 10.9 Å². The van der Waals surface area contributed by atoms with Gasteiger partial charge in [0.15, 0.2) is 0 Å². The molecule has 117 valence electrons. The number of aromatic amines is 1. The number of nitrogens with one attached hydrogen (secondary N) is 1. The molecule has 0 aliphatic carbocycles. The summed E-state index contributed by atoms with van der Waals surface area (Å²) in [7, 11) is -1.38. The fourth-order valence-corrected chi connectivity index (χ4v) is 1.51. The molecule has 2 aromatic rings. The van der Waals surface area contributed by atoms with Crippen LogP contribution in [0.15, 0.2) is 30.5 Å². The molecule has 0 saturated carbocycles. The molecule has 0 atom stereocenters. The molecule has 0 aliphatic heterocycles. The largest absolute Gasteiger partial charge is 0.488 e. The fourth-order valence-electron chi connectivity index (χ4n) is 1.51. The molecule has 0 saturated heterocycles. The molecular formula is C16H13B2N2O4. The van der Waals surface area contributed by atoms with E-state index in [1.807, 2.05) is 18.3 Å². The van der Waals surface area contributed by atoms with Crippen molar-refractivity contribution in [2.75, 3.05) is 6.54 Å². The standard InChI is InChI=1S/C8H8BNO2.C8H5NO2.B/c11-9(12)7-1-2-8-6(5-7)3-4-10-8;1-2-3-4-5-6-7-8-9(10)11;/h1-5,10-12H;8H2,1H3;. The van der Waals surface area contributed by atoms with Crippen LogP contribution in [0.5, 0.6) is 0 Å². The van der Waals surface area contributed by atoms with Gasteiger partial charge in [0, 0.05) is 25.0 Å². The average molecular weight is 319 g/mol. The van der Waals surface area contributed by atoms with Gasteiger partial charge < -0.3 is 15.0 Å². The van der Waals surface area contributed by atoms with Crippen LogP contribution in [0.1, 0.15) is 6.92 Å². The van der Waals surface area contributed by atoms with Crippen LogP contribution in [0.3, 0.4) is 0 Å². The lowest BCUT2D eigenvalue weighted by atomic mass is 9.80. The van der Waals surface area contributed by atoms with E-state index < -0.39 is 12.0 Å². The number of fused-ring (bicyclic) bond motifs is 1. The first-order valence-corrected chi connectivity index (χ1v) is 6.49. The monoisotopic (exact) mass is 319 g/mol. The molecule has 24 heavy (non-hydrogen) atoms. The number of nitro groups is 1. The smallest absolute Gasteiger partial charge is 0.423 e. The first kappa shape index (κ1) is 20.9. The van der Waals surface area contributed by atoms with Crippen molar-refractivity contribution in [3.05, 3.63) is 40.6 Å². The Kier molecular flexibility index (Phi) is 9.97. The minimum atomic E-state index is -1.38. The molecule has 6 nitrogen and oxygen atoms in total. The van der Waals surface area contributed by atoms with Crippen molar-refractivity contribution in [1.82, 2.24) is 4.98 Å². The number of aromatic nitrogens is 1. The van der Waals surface area contributed by atoms with E-state index >= 15 is 0 Å². The second-order valence-corrected chi connectivity index (χ2v) is 4.12. The van der Waals surface area contributed by atoms with Crippen molar-refractivity contribution >= 4 is 31.9 Å². The minimum Gasteiger partial charge on any atom is -0.423 e. The molecule has 3 N–H and O–H groups in total. The topological polar surface area (TPSA) is 99.4 Å². The normalized spacial score (nSPS) is 7.79. The summed E-state index contributed by atoms with van der Waals surface area (Å²) < 4.78 is 0. The minimum absolute atomic E-state index is 0. The number of hydrogen-bond acceptors (Lipinski definition) is 4. The molecule has 1 aromatic carbocycles. The lowest BCUT2D eigenvalue weighted by molar-refractivity contribution is -0.466. The highest BCUT2D eigenvalue weighted by Gasteiger charge is 2.10. The van der Waals surface area contributed by atoms with Crippen LogP contribution in [0.2, 0.25) is 0 Å². The summed E-state index contributed by atoms with van der Waals surface area (Å²) in [5, 5.41) is 28.4. The quantitative estimate of drug-likeness (QED) is 0.308. The molecule has 2 rings (SSSR count). The van der Waals surface area contributed by atoms with Crippen LogP contribution in [0.4, 0.5) is 0 Å². The van der Waals surface area contributed by atoms with Gasteiger partial charge in [-0.2, -0.15) is 0 Å². The van der Waals surface area contributed by atoms with E-state index in [9.17, 15) is 10.1 Å². The summed E-state index contributed by atoms with van der Waals surface area (Å²) in [6.45, 7) is 1.29. The summed E-state index contributed by atoms with van der Waals surface area (Å²) in [6, 6.07) is 7.14. The third-order valence-corrected chi connectivity index (χ3v) is 2.48. The maximum Gasteiger partial charge on any atom is 0.488 e. The zero-order chi connectivity index (χ0) is 17.1. The highest BCUT2D eigenvalue weighted by Crippen LogP contribution is 2.08. The zero-order valence-electron chi connectivity index (χ0n) is 12.9. The Morgan fingerprint density at radius 1 is 1.21 bits per heavy atom. The Morgan fingerprint density at radius 3 is 2.54 bits per heavy atom. The van der Waals surface area contributed by atoms with Gasteiger partial charge in [-0.1, -0.05) is 18.1 Å². The first-order valence-electron chi connectivity index (χ1n) is 6.49. The van der Waals surface area contributed by atoms with Crippen LogP contribution in [0.25, 0.3) is 10.9 Å². The van der Waals surface area contributed by atoms with Gasteiger partial charge in [0.2, 0.25) is 0 Å². The van der Waals surface area contributed by atoms with Gasteiger partial charge in [-0.15, -0.1) is 0 Å². The number of benzene rings is 1. The molecule has 0 spiro atoms. The van der Waals surface area contributed by atoms with Crippen molar-refractivity contribution in [1.29, 1.82) is 0 Å². The van der Waals surface area contributed by atoms with Gasteiger partial charge in [-0.25, -0.2) is 0 Å². The fraction of sp³-hybridized carbons (Fsp3) is 0.125. The first-order chi connectivity index (χ1) is 11.0. The number of nitrogens with zero attached hydrogens (tertiary/aromatic N) is 1. The van der Waals surface area contributed by atoms with E-state index in [1.54, 1.807) is 19.1 Å². The van der Waals surface area contributed by atoms with Gasteiger partial charge in [0.05, 0.1) is 0 Å². The Bertz CT molecular complexity index is 858. The predicted octanol–water partition coefficient (Wildman–Crippen LogP) is -0.240. The van der Waals surface area contributed by atoms with Gasteiger partial charge in [-0.3, -0.25) is 10.1 Å². The van der Waals surface area contributed by atoms with Gasteiger partial charge >= 0.3 is 7.12 Å². The number of H-pyrrole nitrogens is 1. The number of hydrogen-bond donors (Lipinski definition) is 3. The van der Waals surface area contributed by atoms with Crippen LogP contribution >= 0.6 is 0 Å². The summed E-state index contributed by atoms with van der Waals surface area (Å²) in [5.41, 5.74) is 1.52. The summed E-state index contributed by atoms with van der Waals surface area (Å²) >= 11 is 0. The van der Waals surface area contributed by atoms with Crippen molar-refractivity contribution in [3.63, 3.8) is 0 Å². The Hall–Kier alpha value is -3.11. The van der Waals surface area contributed by atoms with E-state index in [1.165, 1.54) is 0 Å². The average Bonchev–Trinajstić information content (AvgIpc) is 2.98. The molecule has 0 bridgehead atoms. The van der Waals surface area contributed by atoms with Crippen molar-refractivity contribution < 1.29 is 15.0 Å². The third kappa shape index (κ3) is 7.77. The van der Waals surface area contributed by atoms with E-state index in [-0.39, 0.29) is 15.0 Å². The molecule has 0 aliphatic rings. The van der Waals surface area contributed by atoms with Crippen molar-refractivity contribution in [2.45, 2.75) is 6.92 Å². The Labute approximate surface area is 142 Å². The lowest BCUT2D eigenvalue weighted by Gasteiger charge is -1.97. The molecule has 8 heteroatoms. The zero-order valence-corrected chi connectivity index (χ0v) is 12.9. The second-order valence-electron chi connectivity index (χ2n) is 4.12. The molecule has 0 fully saturated rings. The molecule has 1 heterocycles. The molecule has 1 aromatic heterocycles. The summed E-state index contributed by atoms with van der Waals surface area (Å²) in [5.74, 6) is 14.3. The molecule has 0 unspecified atom stereocenters. The number of rotatable bonds is 2. The van der Waals surface area contributed by atoms with Crippen LogP contribution in [-0.2, 0) is 0 Å². The molecular weight excluding hydrogens is 306 g/mol. The second kappa shape index (κ2) is 11.5. The van der Waals surface area contributed by atoms with Gasteiger partial charge in [-0.05, 0) is 59.5 Å². The van der Waals surface area contributed by atoms with Crippen LogP contribution < -0.4 is 5.46 Å². The van der Waals surface area contributed by atoms with Crippen LogP contribution in [-0.4, -0.2) is 42.0 Å².